The Bertz CT molecular complexity index is 702. The van der Waals surface area contributed by atoms with Gasteiger partial charge in [-0.1, -0.05) is 41.4 Å². The van der Waals surface area contributed by atoms with Crippen LogP contribution in [0.2, 0.25) is 5.02 Å². The van der Waals surface area contributed by atoms with E-state index in [1.807, 2.05) is 57.0 Å². The van der Waals surface area contributed by atoms with E-state index in [1.165, 1.54) is 5.56 Å². The Morgan fingerprint density at radius 3 is 2.21 bits per heavy atom. The maximum atomic E-state index is 12.6. The lowest BCUT2D eigenvalue weighted by molar-refractivity contribution is -0.120. The standard InChI is InChI=1S/C20H25ClN2O/c1-13-10-14(2)19(15(3)11-13)22-20(24)16(4)23(5)12-17-6-8-18(21)9-7-17/h6-11,16H,12H2,1-5H3,(H,22,24)/t16-/m0/s1. The summed E-state index contributed by atoms with van der Waals surface area (Å²) < 4.78 is 0. The fourth-order valence-corrected chi connectivity index (χ4v) is 2.95. The fourth-order valence-electron chi connectivity index (χ4n) is 2.82. The molecule has 3 nitrogen and oxygen atoms in total. The number of hydrogen-bond donors (Lipinski definition) is 1. The maximum absolute atomic E-state index is 12.6. The van der Waals surface area contributed by atoms with Crippen LogP contribution in [-0.2, 0) is 11.3 Å². The summed E-state index contributed by atoms with van der Waals surface area (Å²) in [6.45, 7) is 8.73. The Balaban J connectivity index is 2.05. The molecule has 0 aliphatic heterocycles. The molecular formula is C20H25ClN2O. The summed E-state index contributed by atoms with van der Waals surface area (Å²) in [5.74, 6) is 0.00140. The summed E-state index contributed by atoms with van der Waals surface area (Å²) >= 11 is 5.91. The van der Waals surface area contributed by atoms with E-state index in [-0.39, 0.29) is 11.9 Å². The van der Waals surface area contributed by atoms with Gasteiger partial charge < -0.3 is 5.32 Å². The van der Waals surface area contributed by atoms with E-state index >= 15 is 0 Å². The van der Waals surface area contributed by atoms with Crippen LogP contribution in [-0.4, -0.2) is 23.9 Å². The minimum absolute atomic E-state index is 0.00140. The summed E-state index contributed by atoms with van der Waals surface area (Å²) in [5.41, 5.74) is 5.43. The van der Waals surface area contributed by atoms with Gasteiger partial charge in [0.1, 0.15) is 0 Å². The van der Waals surface area contributed by atoms with Crippen molar-refractivity contribution >= 4 is 23.2 Å². The van der Waals surface area contributed by atoms with E-state index in [0.29, 0.717) is 6.54 Å². The van der Waals surface area contributed by atoms with Crippen molar-refractivity contribution in [1.29, 1.82) is 0 Å². The molecule has 4 heteroatoms. The van der Waals surface area contributed by atoms with Gasteiger partial charge in [-0.25, -0.2) is 0 Å². The molecule has 0 saturated heterocycles. The van der Waals surface area contributed by atoms with Crippen molar-refractivity contribution in [3.05, 3.63) is 63.7 Å². The highest BCUT2D eigenvalue weighted by Crippen LogP contribution is 2.22. The van der Waals surface area contributed by atoms with Gasteiger partial charge in [0.05, 0.1) is 6.04 Å². The largest absolute Gasteiger partial charge is 0.324 e. The van der Waals surface area contributed by atoms with Crippen molar-refractivity contribution in [3.8, 4) is 0 Å². The van der Waals surface area contributed by atoms with Gasteiger partial charge in [0.25, 0.3) is 0 Å². The van der Waals surface area contributed by atoms with Crippen LogP contribution in [0.5, 0.6) is 0 Å². The van der Waals surface area contributed by atoms with Crippen LogP contribution < -0.4 is 5.32 Å². The SMILES string of the molecule is Cc1cc(C)c(NC(=O)[C@H](C)N(C)Cc2ccc(Cl)cc2)c(C)c1. The first kappa shape index (κ1) is 18.5. The van der Waals surface area contributed by atoms with E-state index in [2.05, 4.69) is 24.4 Å². The second-order valence-electron chi connectivity index (χ2n) is 6.48. The lowest BCUT2D eigenvalue weighted by Gasteiger charge is -2.25. The molecule has 0 radical (unpaired) electrons. The summed E-state index contributed by atoms with van der Waals surface area (Å²) in [4.78, 5) is 14.6. The number of nitrogens with zero attached hydrogens (tertiary/aromatic N) is 1. The molecule has 2 rings (SSSR count). The van der Waals surface area contributed by atoms with Gasteiger partial charge in [-0.3, -0.25) is 9.69 Å². The van der Waals surface area contributed by atoms with Crippen LogP contribution in [0.1, 0.15) is 29.2 Å². The summed E-state index contributed by atoms with van der Waals surface area (Å²) in [7, 11) is 1.95. The molecule has 1 amide bonds. The zero-order valence-electron chi connectivity index (χ0n) is 15.0. The number of halogens is 1. The number of anilines is 1. The summed E-state index contributed by atoms with van der Waals surface area (Å²) in [6, 6.07) is 11.6. The molecule has 128 valence electrons. The minimum Gasteiger partial charge on any atom is -0.324 e. The number of likely N-dealkylation sites (N-methyl/N-ethyl adjacent to an activating group) is 1. The molecule has 1 N–H and O–H groups in total. The highest BCUT2D eigenvalue weighted by molar-refractivity contribution is 6.30. The van der Waals surface area contributed by atoms with E-state index in [4.69, 9.17) is 11.6 Å². The molecule has 1 atom stereocenters. The molecule has 0 aliphatic rings. The van der Waals surface area contributed by atoms with Crippen LogP contribution in [0.25, 0.3) is 0 Å². The Hall–Kier alpha value is -1.84. The lowest BCUT2D eigenvalue weighted by Crippen LogP contribution is -2.39. The van der Waals surface area contributed by atoms with E-state index in [0.717, 1.165) is 27.4 Å². The zero-order chi connectivity index (χ0) is 17.9. The molecule has 0 unspecified atom stereocenters. The predicted octanol–water partition coefficient (Wildman–Crippen LogP) is 4.72. The van der Waals surface area contributed by atoms with Crippen molar-refractivity contribution in [2.24, 2.45) is 0 Å². The van der Waals surface area contributed by atoms with Crippen molar-refractivity contribution in [2.45, 2.75) is 40.3 Å². The number of benzene rings is 2. The second kappa shape index (κ2) is 7.82. The first-order valence-electron chi connectivity index (χ1n) is 8.11. The van der Waals surface area contributed by atoms with Crippen LogP contribution in [0, 0.1) is 20.8 Å². The molecule has 0 aromatic heterocycles. The Labute approximate surface area is 149 Å². The average molecular weight is 345 g/mol. The Kier molecular flexibility index (Phi) is 6.03. The van der Waals surface area contributed by atoms with Crippen LogP contribution in [0.3, 0.4) is 0 Å². The highest BCUT2D eigenvalue weighted by Gasteiger charge is 2.19. The topological polar surface area (TPSA) is 32.3 Å². The number of carbonyl (C=O) groups is 1. The van der Waals surface area contributed by atoms with Crippen molar-refractivity contribution in [2.75, 3.05) is 12.4 Å². The third-order valence-electron chi connectivity index (χ3n) is 4.31. The van der Waals surface area contributed by atoms with Crippen molar-refractivity contribution in [3.63, 3.8) is 0 Å². The lowest BCUT2D eigenvalue weighted by atomic mass is 10.0. The van der Waals surface area contributed by atoms with Gasteiger partial charge in [0, 0.05) is 17.3 Å². The minimum atomic E-state index is -0.235. The molecule has 0 saturated carbocycles. The zero-order valence-corrected chi connectivity index (χ0v) is 15.7. The third-order valence-corrected chi connectivity index (χ3v) is 4.56. The van der Waals surface area contributed by atoms with Crippen LogP contribution in [0.4, 0.5) is 5.69 Å². The summed E-state index contributed by atoms with van der Waals surface area (Å²) in [5, 5.41) is 3.80. The van der Waals surface area contributed by atoms with Crippen LogP contribution >= 0.6 is 11.6 Å². The molecule has 0 spiro atoms. The first-order valence-corrected chi connectivity index (χ1v) is 8.49. The quantitative estimate of drug-likeness (QED) is 0.850. The van der Waals surface area contributed by atoms with Gasteiger partial charge in [-0.05, 0) is 63.6 Å². The number of carbonyl (C=O) groups excluding carboxylic acids is 1. The normalized spacial score (nSPS) is 12.3. The summed E-state index contributed by atoms with van der Waals surface area (Å²) in [6.07, 6.45) is 0. The number of aryl methyl sites for hydroxylation is 3. The van der Waals surface area contributed by atoms with Gasteiger partial charge in [-0.15, -0.1) is 0 Å². The van der Waals surface area contributed by atoms with E-state index in [1.54, 1.807) is 0 Å². The Morgan fingerprint density at radius 2 is 1.67 bits per heavy atom. The maximum Gasteiger partial charge on any atom is 0.241 e. The Morgan fingerprint density at radius 1 is 1.12 bits per heavy atom. The number of hydrogen-bond acceptors (Lipinski definition) is 2. The van der Waals surface area contributed by atoms with E-state index < -0.39 is 0 Å². The van der Waals surface area contributed by atoms with Gasteiger partial charge in [0.15, 0.2) is 0 Å². The third kappa shape index (κ3) is 4.59. The van der Waals surface area contributed by atoms with Crippen molar-refractivity contribution in [1.82, 2.24) is 4.90 Å². The molecule has 0 heterocycles. The molecule has 0 bridgehead atoms. The molecule has 2 aromatic carbocycles. The number of amides is 1. The molecule has 0 aliphatic carbocycles. The van der Waals surface area contributed by atoms with Gasteiger partial charge >= 0.3 is 0 Å². The number of nitrogens with one attached hydrogen (secondary N) is 1. The smallest absolute Gasteiger partial charge is 0.241 e. The van der Waals surface area contributed by atoms with Gasteiger partial charge in [0.2, 0.25) is 5.91 Å². The van der Waals surface area contributed by atoms with Crippen molar-refractivity contribution < 1.29 is 4.79 Å². The number of rotatable bonds is 5. The highest BCUT2D eigenvalue weighted by atomic mass is 35.5. The molecule has 2 aromatic rings. The molecule has 24 heavy (non-hydrogen) atoms. The average Bonchev–Trinajstić information content (AvgIpc) is 2.52. The molecule has 0 fully saturated rings. The second-order valence-corrected chi connectivity index (χ2v) is 6.92. The fraction of sp³-hybridized carbons (Fsp3) is 0.350. The first-order chi connectivity index (χ1) is 11.3. The monoisotopic (exact) mass is 344 g/mol. The molecular weight excluding hydrogens is 320 g/mol. The predicted molar refractivity (Wildman–Crippen MR) is 102 cm³/mol. The van der Waals surface area contributed by atoms with E-state index in [9.17, 15) is 4.79 Å². The van der Waals surface area contributed by atoms with Gasteiger partial charge in [-0.2, -0.15) is 0 Å². The van der Waals surface area contributed by atoms with Crippen LogP contribution in [0.15, 0.2) is 36.4 Å².